The van der Waals surface area contributed by atoms with Crippen LogP contribution in [0, 0.1) is 0 Å². The lowest BCUT2D eigenvalue weighted by Gasteiger charge is -2.22. The molecule has 0 N–H and O–H groups in total. The van der Waals surface area contributed by atoms with E-state index in [0.717, 1.165) is 0 Å². The molecule has 1 heteroatoms. The van der Waals surface area contributed by atoms with Gasteiger partial charge in [-0.25, -0.2) is 0 Å². The van der Waals surface area contributed by atoms with Gasteiger partial charge in [-0.05, 0) is 68.1 Å². The second-order valence-electron chi connectivity index (χ2n) is 9.37. The Kier molecular flexibility index (Phi) is 3.64. The zero-order chi connectivity index (χ0) is 21.4. The van der Waals surface area contributed by atoms with Crippen LogP contribution in [0.5, 0.6) is 0 Å². The van der Waals surface area contributed by atoms with Crippen molar-refractivity contribution in [3.8, 4) is 33.4 Å². The molecule has 0 radical (unpaired) electrons. The lowest BCUT2D eigenvalue weighted by molar-refractivity contribution is 0.660. The highest BCUT2D eigenvalue weighted by Crippen LogP contribution is 2.53. The van der Waals surface area contributed by atoms with Crippen LogP contribution in [0.4, 0.5) is 0 Å². The molecule has 0 spiro atoms. The van der Waals surface area contributed by atoms with Gasteiger partial charge in [0.25, 0.3) is 0 Å². The molecule has 152 valence electrons. The summed E-state index contributed by atoms with van der Waals surface area (Å²) in [6.07, 6.45) is 0. The first-order chi connectivity index (χ1) is 15.6. The van der Waals surface area contributed by atoms with Gasteiger partial charge in [0.15, 0.2) is 0 Å². The van der Waals surface area contributed by atoms with Crippen molar-refractivity contribution in [2.24, 2.45) is 0 Å². The van der Waals surface area contributed by atoms with E-state index in [1.165, 1.54) is 65.1 Å². The molecule has 5 aromatic carbocycles. The predicted octanol–water partition coefficient (Wildman–Crippen LogP) is 8.94. The molecule has 32 heavy (non-hydrogen) atoms. The van der Waals surface area contributed by atoms with Crippen LogP contribution in [0.2, 0.25) is 0 Å². The van der Waals surface area contributed by atoms with E-state index in [4.69, 9.17) is 0 Å². The third-order valence-corrected chi connectivity index (χ3v) is 8.41. The van der Waals surface area contributed by atoms with E-state index in [1.54, 1.807) is 0 Å². The summed E-state index contributed by atoms with van der Waals surface area (Å²) in [7, 11) is 0. The van der Waals surface area contributed by atoms with Gasteiger partial charge >= 0.3 is 0 Å². The largest absolute Gasteiger partial charge is 0.0888 e. The normalized spacial score (nSPS) is 14.7. The molecule has 0 bridgehead atoms. The van der Waals surface area contributed by atoms with E-state index >= 15 is 0 Å². The van der Waals surface area contributed by atoms with Crippen molar-refractivity contribution in [3.63, 3.8) is 0 Å². The molecule has 7 rings (SSSR count). The number of benzene rings is 5. The van der Waals surface area contributed by atoms with Gasteiger partial charge in [-0.3, -0.25) is 0 Å². The van der Waals surface area contributed by atoms with E-state index in [1.807, 2.05) is 11.8 Å². The van der Waals surface area contributed by atoms with Crippen molar-refractivity contribution in [1.82, 2.24) is 0 Å². The van der Waals surface area contributed by atoms with E-state index in [-0.39, 0.29) is 5.41 Å². The molecule has 0 amide bonds. The maximum atomic E-state index is 2.41. The molecular weight excluding hydrogens is 404 g/mol. The Morgan fingerprint density at radius 3 is 2.19 bits per heavy atom. The Labute approximate surface area is 192 Å². The standard InChI is InChI=1S/C31H22S/c1-31(2)25-13-4-3-10-23(25)30-21(11-7-14-26(30)31)20-16-17-27-24(18-20)22-12-5-8-19-9-6-15-28(32-27)29(19)22/h3-18H,1-2H3. The molecular formula is C31H22S. The molecule has 0 nitrogen and oxygen atoms in total. The molecule has 0 unspecified atom stereocenters. The first-order valence-corrected chi connectivity index (χ1v) is 12.0. The fourth-order valence-corrected chi connectivity index (χ4v) is 6.85. The van der Waals surface area contributed by atoms with Gasteiger partial charge in [-0.1, -0.05) is 104 Å². The summed E-state index contributed by atoms with van der Waals surface area (Å²) in [4.78, 5) is 2.70. The lowest BCUT2D eigenvalue weighted by atomic mass is 9.82. The second-order valence-corrected chi connectivity index (χ2v) is 10.5. The van der Waals surface area contributed by atoms with Gasteiger partial charge in [-0.2, -0.15) is 0 Å². The molecule has 1 aliphatic carbocycles. The smallest absolute Gasteiger partial charge is 0.0207 e. The number of hydrogen-bond acceptors (Lipinski definition) is 1. The average molecular weight is 427 g/mol. The highest BCUT2D eigenvalue weighted by atomic mass is 32.2. The van der Waals surface area contributed by atoms with Crippen molar-refractivity contribution < 1.29 is 0 Å². The molecule has 2 aliphatic rings. The molecule has 5 aromatic rings. The van der Waals surface area contributed by atoms with Gasteiger partial charge in [-0.15, -0.1) is 0 Å². The molecule has 1 heterocycles. The van der Waals surface area contributed by atoms with Gasteiger partial charge in [0.05, 0.1) is 0 Å². The molecule has 0 fully saturated rings. The predicted molar refractivity (Wildman–Crippen MR) is 137 cm³/mol. The van der Waals surface area contributed by atoms with Gasteiger partial charge in [0, 0.05) is 20.6 Å². The van der Waals surface area contributed by atoms with Gasteiger partial charge < -0.3 is 0 Å². The summed E-state index contributed by atoms with van der Waals surface area (Å²) in [6, 6.07) is 36.1. The van der Waals surface area contributed by atoms with Crippen LogP contribution in [-0.4, -0.2) is 0 Å². The highest BCUT2D eigenvalue weighted by molar-refractivity contribution is 7.99. The van der Waals surface area contributed by atoms with Crippen molar-refractivity contribution in [3.05, 3.63) is 108 Å². The van der Waals surface area contributed by atoms with Crippen molar-refractivity contribution in [2.45, 2.75) is 29.1 Å². The summed E-state index contributed by atoms with van der Waals surface area (Å²) in [6.45, 7) is 4.70. The first-order valence-electron chi connectivity index (χ1n) is 11.2. The van der Waals surface area contributed by atoms with Crippen molar-refractivity contribution in [1.29, 1.82) is 0 Å². The quantitative estimate of drug-likeness (QED) is 0.253. The van der Waals surface area contributed by atoms with Crippen LogP contribution >= 0.6 is 11.8 Å². The number of fused-ring (bicyclic) bond motifs is 5. The average Bonchev–Trinajstić information content (AvgIpc) is 3.07. The van der Waals surface area contributed by atoms with Crippen LogP contribution in [0.15, 0.2) is 107 Å². The van der Waals surface area contributed by atoms with Crippen molar-refractivity contribution >= 4 is 22.5 Å². The van der Waals surface area contributed by atoms with E-state index in [9.17, 15) is 0 Å². The Hall–Kier alpha value is -3.29. The van der Waals surface area contributed by atoms with Crippen LogP contribution in [-0.2, 0) is 5.41 Å². The SMILES string of the molecule is CC1(C)c2ccccc2-c2c(-c3ccc4c(c3)-c3cccc5cccc(c35)S4)cccc21. The minimum atomic E-state index is 0.0243. The minimum absolute atomic E-state index is 0.0243. The second kappa shape index (κ2) is 6.37. The maximum absolute atomic E-state index is 2.41. The number of rotatable bonds is 1. The fraction of sp³-hybridized carbons (Fsp3) is 0.0968. The van der Waals surface area contributed by atoms with Crippen LogP contribution < -0.4 is 0 Å². The third kappa shape index (κ3) is 2.35. The molecule has 0 saturated heterocycles. The van der Waals surface area contributed by atoms with Crippen molar-refractivity contribution in [2.75, 3.05) is 0 Å². The fourth-order valence-electron chi connectivity index (χ4n) is 5.73. The monoisotopic (exact) mass is 426 g/mol. The van der Waals surface area contributed by atoms with E-state index in [2.05, 4.69) is 111 Å². The highest BCUT2D eigenvalue weighted by Gasteiger charge is 2.36. The van der Waals surface area contributed by atoms with Crippen LogP contribution in [0.1, 0.15) is 25.0 Å². The molecule has 0 atom stereocenters. The first kappa shape index (κ1) is 18.3. The minimum Gasteiger partial charge on any atom is -0.0888 e. The summed E-state index contributed by atoms with van der Waals surface area (Å²) in [5.74, 6) is 0. The van der Waals surface area contributed by atoms with Gasteiger partial charge in [0.1, 0.15) is 0 Å². The summed E-state index contributed by atoms with van der Waals surface area (Å²) >= 11 is 1.89. The summed E-state index contributed by atoms with van der Waals surface area (Å²) in [5.41, 5.74) is 11.0. The van der Waals surface area contributed by atoms with Crippen LogP contribution in [0.25, 0.3) is 44.2 Å². The lowest BCUT2D eigenvalue weighted by Crippen LogP contribution is -2.14. The topological polar surface area (TPSA) is 0 Å². The summed E-state index contributed by atoms with van der Waals surface area (Å²) in [5, 5.41) is 2.70. The summed E-state index contributed by atoms with van der Waals surface area (Å²) < 4.78 is 0. The molecule has 0 saturated carbocycles. The van der Waals surface area contributed by atoms with E-state index < -0.39 is 0 Å². The zero-order valence-electron chi connectivity index (χ0n) is 18.1. The Balaban J connectivity index is 1.49. The number of hydrogen-bond donors (Lipinski definition) is 0. The Morgan fingerprint density at radius 2 is 1.28 bits per heavy atom. The van der Waals surface area contributed by atoms with Gasteiger partial charge in [0.2, 0.25) is 0 Å². The molecule has 0 aromatic heterocycles. The Morgan fingerprint density at radius 1 is 0.562 bits per heavy atom. The third-order valence-electron chi connectivity index (χ3n) is 7.27. The molecule has 1 aliphatic heterocycles. The van der Waals surface area contributed by atoms with E-state index in [0.29, 0.717) is 0 Å². The maximum Gasteiger partial charge on any atom is 0.0207 e. The van der Waals surface area contributed by atoms with Crippen LogP contribution in [0.3, 0.4) is 0 Å². The zero-order valence-corrected chi connectivity index (χ0v) is 19.0. The Bertz CT molecular complexity index is 1570.